The molecule has 1 saturated heterocycles. The zero-order valence-corrected chi connectivity index (χ0v) is 14.1. The average molecular weight is 342 g/mol. The number of anilines is 1. The fraction of sp³-hybridized carbons (Fsp3) is 0.375. The molecule has 24 heavy (non-hydrogen) atoms. The number of hydrogen-bond donors (Lipinski definition) is 2. The SMILES string of the molecule is Cc1[nH]ncc1CNC(=O)C1CCCN1c1ncnc2sccc12. The minimum absolute atomic E-state index is 0.0371. The molecule has 0 bridgehead atoms. The number of hydrogen-bond acceptors (Lipinski definition) is 6. The predicted molar refractivity (Wildman–Crippen MR) is 93.0 cm³/mol. The average Bonchev–Trinajstić information content (AvgIpc) is 3.32. The molecule has 3 aromatic rings. The molecule has 1 unspecified atom stereocenters. The topological polar surface area (TPSA) is 86.8 Å². The number of H-pyrrole nitrogens is 1. The Kier molecular flexibility index (Phi) is 3.89. The summed E-state index contributed by atoms with van der Waals surface area (Å²) in [5.74, 6) is 0.897. The first kappa shape index (κ1) is 15.1. The highest BCUT2D eigenvalue weighted by Gasteiger charge is 2.32. The van der Waals surface area contributed by atoms with Gasteiger partial charge in [-0.3, -0.25) is 9.89 Å². The van der Waals surface area contributed by atoms with Gasteiger partial charge >= 0.3 is 0 Å². The number of fused-ring (bicyclic) bond motifs is 1. The molecule has 4 heterocycles. The van der Waals surface area contributed by atoms with E-state index in [0.29, 0.717) is 6.54 Å². The van der Waals surface area contributed by atoms with Crippen LogP contribution in [0.3, 0.4) is 0 Å². The molecule has 1 aliphatic heterocycles. The van der Waals surface area contributed by atoms with Gasteiger partial charge in [-0.15, -0.1) is 11.3 Å². The van der Waals surface area contributed by atoms with Crippen LogP contribution in [0.4, 0.5) is 5.82 Å². The molecule has 0 radical (unpaired) electrons. The van der Waals surface area contributed by atoms with Crippen LogP contribution in [0.5, 0.6) is 0 Å². The Morgan fingerprint density at radius 1 is 1.50 bits per heavy atom. The molecule has 0 aliphatic carbocycles. The van der Waals surface area contributed by atoms with E-state index in [1.807, 2.05) is 18.4 Å². The Bertz CT molecular complexity index is 872. The Morgan fingerprint density at radius 2 is 2.42 bits per heavy atom. The van der Waals surface area contributed by atoms with E-state index in [4.69, 9.17) is 0 Å². The number of nitrogens with one attached hydrogen (secondary N) is 2. The number of nitrogens with zero attached hydrogens (tertiary/aromatic N) is 4. The van der Waals surface area contributed by atoms with Crippen LogP contribution in [0, 0.1) is 6.92 Å². The van der Waals surface area contributed by atoms with Gasteiger partial charge in [0.1, 0.15) is 23.0 Å². The number of carbonyl (C=O) groups is 1. The molecule has 1 aliphatic rings. The standard InChI is InChI=1S/C16H18N6OS/c1-10-11(8-20-21-10)7-17-15(23)13-3-2-5-22(13)14-12-4-6-24-16(12)19-9-18-14/h4,6,8-9,13H,2-3,5,7H2,1H3,(H,17,23)(H,20,21). The highest BCUT2D eigenvalue weighted by molar-refractivity contribution is 7.16. The summed E-state index contributed by atoms with van der Waals surface area (Å²) >= 11 is 1.59. The molecule has 3 aromatic heterocycles. The number of aromatic amines is 1. The molecule has 0 saturated carbocycles. The lowest BCUT2D eigenvalue weighted by Gasteiger charge is -2.25. The zero-order valence-electron chi connectivity index (χ0n) is 13.3. The number of aromatic nitrogens is 4. The number of aryl methyl sites for hydroxylation is 1. The van der Waals surface area contributed by atoms with E-state index >= 15 is 0 Å². The minimum atomic E-state index is -0.185. The lowest BCUT2D eigenvalue weighted by molar-refractivity contribution is -0.122. The second-order valence-electron chi connectivity index (χ2n) is 5.93. The molecule has 124 valence electrons. The van der Waals surface area contributed by atoms with E-state index in [1.54, 1.807) is 23.9 Å². The van der Waals surface area contributed by atoms with Gasteiger partial charge < -0.3 is 10.2 Å². The van der Waals surface area contributed by atoms with Crippen LogP contribution >= 0.6 is 11.3 Å². The predicted octanol–water partition coefficient (Wildman–Crippen LogP) is 2.01. The van der Waals surface area contributed by atoms with Gasteiger partial charge in [0, 0.05) is 24.3 Å². The maximum absolute atomic E-state index is 12.7. The number of amides is 1. The van der Waals surface area contributed by atoms with Crippen molar-refractivity contribution < 1.29 is 4.79 Å². The summed E-state index contributed by atoms with van der Waals surface area (Å²) in [5.41, 5.74) is 1.99. The molecular formula is C16H18N6OS. The summed E-state index contributed by atoms with van der Waals surface area (Å²) in [6, 6.07) is 1.84. The van der Waals surface area contributed by atoms with E-state index < -0.39 is 0 Å². The lowest BCUT2D eigenvalue weighted by atomic mass is 10.2. The van der Waals surface area contributed by atoms with E-state index in [1.165, 1.54) is 0 Å². The van der Waals surface area contributed by atoms with E-state index in [0.717, 1.165) is 46.7 Å². The highest BCUT2D eigenvalue weighted by atomic mass is 32.1. The minimum Gasteiger partial charge on any atom is -0.350 e. The van der Waals surface area contributed by atoms with Crippen LogP contribution in [-0.2, 0) is 11.3 Å². The maximum atomic E-state index is 12.7. The van der Waals surface area contributed by atoms with Gasteiger partial charge in [-0.25, -0.2) is 9.97 Å². The molecule has 7 nitrogen and oxygen atoms in total. The van der Waals surface area contributed by atoms with Crippen molar-refractivity contribution in [2.24, 2.45) is 0 Å². The molecule has 2 N–H and O–H groups in total. The Balaban J connectivity index is 1.53. The largest absolute Gasteiger partial charge is 0.350 e. The Labute approximate surface area is 143 Å². The van der Waals surface area contributed by atoms with Gasteiger partial charge in [0.2, 0.25) is 5.91 Å². The Morgan fingerprint density at radius 3 is 3.25 bits per heavy atom. The first-order valence-electron chi connectivity index (χ1n) is 7.95. The van der Waals surface area contributed by atoms with Crippen molar-refractivity contribution in [1.29, 1.82) is 0 Å². The summed E-state index contributed by atoms with van der Waals surface area (Å²) in [4.78, 5) is 24.5. The van der Waals surface area contributed by atoms with Crippen molar-refractivity contribution in [1.82, 2.24) is 25.5 Å². The third-order valence-electron chi connectivity index (χ3n) is 4.46. The third-order valence-corrected chi connectivity index (χ3v) is 5.28. The Hall–Kier alpha value is -2.48. The first-order chi connectivity index (χ1) is 11.7. The molecule has 4 rings (SSSR count). The molecule has 0 aromatic carbocycles. The quantitative estimate of drug-likeness (QED) is 0.757. The summed E-state index contributed by atoms with van der Waals surface area (Å²) in [7, 11) is 0. The highest BCUT2D eigenvalue weighted by Crippen LogP contribution is 2.31. The molecule has 1 atom stereocenters. The molecular weight excluding hydrogens is 324 g/mol. The van der Waals surface area contributed by atoms with Crippen molar-refractivity contribution >= 4 is 33.3 Å². The number of rotatable bonds is 4. The molecule has 1 fully saturated rings. The molecule has 8 heteroatoms. The smallest absolute Gasteiger partial charge is 0.243 e. The van der Waals surface area contributed by atoms with E-state index in [-0.39, 0.29) is 11.9 Å². The van der Waals surface area contributed by atoms with Gasteiger partial charge in [-0.1, -0.05) is 0 Å². The van der Waals surface area contributed by atoms with Crippen LogP contribution in [0.15, 0.2) is 24.0 Å². The fourth-order valence-corrected chi connectivity index (χ4v) is 3.88. The monoisotopic (exact) mass is 342 g/mol. The van der Waals surface area contributed by atoms with Gasteiger partial charge in [0.05, 0.1) is 11.6 Å². The van der Waals surface area contributed by atoms with E-state index in [9.17, 15) is 4.79 Å². The summed E-state index contributed by atoms with van der Waals surface area (Å²) < 4.78 is 0. The lowest BCUT2D eigenvalue weighted by Crippen LogP contribution is -2.43. The fourth-order valence-electron chi connectivity index (χ4n) is 3.15. The maximum Gasteiger partial charge on any atom is 0.243 e. The zero-order chi connectivity index (χ0) is 16.5. The van der Waals surface area contributed by atoms with E-state index in [2.05, 4.69) is 30.4 Å². The first-order valence-corrected chi connectivity index (χ1v) is 8.83. The number of carbonyl (C=O) groups excluding carboxylic acids is 1. The second kappa shape index (κ2) is 6.20. The van der Waals surface area contributed by atoms with Crippen LogP contribution < -0.4 is 10.2 Å². The normalized spacial score (nSPS) is 17.5. The van der Waals surface area contributed by atoms with Crippen LogP contribution in [0.2, 0.25) is 0 Å². The van der Waals surface area contributed by atoms with Crippen molar-refractivity contribution in [3.8, 4) is 0 Å². The van der Waals surface area contributed by atoms with Gasteiger partial charge in [-0.05, 0) is 31.2 Å². The van der Waals surface area contributed by atoms with Crippen LogP contribution in [0.1, 0.15) is 24.1 Å². The summed E-state index contributed by atoms with van der Waals surface area (Å²) in [6.07, 6.45) is 5.15. The van der Waals surface area contributed by atoms with Crippen molar-refractivity contribution in [3.63, 3.8) is 0 Å². The van der Waals surface area contributed by atoms with Gasteiger partial charge in [0.15, 0.2) is 0 Å². The van der Waals surface area contributed by atoms with Crippen LogP contribution in [-0.4, -0.2) is 38.7 Å². The second-order valence-corrected chi connectivity index (χ2v) is 6.82. The summed E-state index contributed by atoms with van der Waals surface area (Å²) in [6.45, 7) is 3.28. The van der Waals surface area contributed by atoms with Gasteiger partial charge in [-0.2, -0.15) is 5.10 Å². The van der Waals surface area contributed by atoms with Crippen LogP contribution in [0.25, 0.3) is 10.2 Å². The summed E-state index contributed by atoms with van der Waals surface area (Å²) in [5, 5.41) is 12.9. The van der Waals surface area contributed by atoms with Crippen molar-refractivity contribution in [2.75, 3.05) is 11.4 Å². The third kappa shape index (κ3) is 2.62. The number of thiophene rings is 1. The molecule has 0 spiro atoms. The van der Waals surface area contributed by atoms with Crippen molar-refractivity contribution in [2.45, 2.75) is 32.4 Å². The van der Waals surface area contributed by atoms with Gasteiger partial charge in [0.25, 0.3) is 0 Å². The van der Waals surface area contributed by atoms with Crippen molar-refractivity contribution in [3.05, 3.63) is 35.2 Å². The molecule has 1 amide bonds.